The molecule has 0 bridgehead atoms. The molecular weight excluding hydrogens is 226 g/mol. The summed E-state index contributed by atoms with van der Waals surface area (Å²) in [4.78, 5) is 2.34. The molecule has 2 N–H and O–H groups in total. The number of nitrogens with zero attached hydrogens (tertiary/aromatic N) is 2. The molecule has 0 aromatic rings. The zero-order valence-corrected chi connectivity index (χ0v) is 12.0. The Morgan fingerprint density at radius 3 is 2.44 bits per heavy atom. The smallest absolute Gasteiger partial charge is 0.119 e. The molecule has 1 atom stereocenters. The molecule has 0 saturated heterocycles. The second-order valence-corrected chi connectivity index (χ2v) is 5.36. The number of hydrogen-bond acceptors (Lipinski definition) is 4. The zero-order chi connectivity index (χ0) is 13.6. The molecule has 1 fully saturated rings. The number of methoxy groups -OCH3 is 1. The minimum Gasteiger partial charge on any atom is -0.383 e. The number of nitriles is 1. The van der Waals surface area contributed by atoms with Crippen molar-refractivity contribution < 1.29 is 4.74 Å². The molecule has 0 amide bonds. The summed E-state index contributed by atoms with van der Waals surface area (Å²) < 4.78 is 5.17. The van der Waals surface area contributed by atoms with Gasteiger partial charge in [-0.05, 0) is 31.6 Å². The van der Waals surface area contributed by atoms with Gasteiger partial charge in [-0.25, -0.2) is 0 Å². The van der Waals surface area contributed by atoms with Gasteiger partial charge in [-0.3, -0.25) is 4.90 Å². The minimum atomic E-state index is -0.670. The van der Waals surface area contributed by atoms with Crippen LogP contribution in [-0.2, 0) is 4.74 Å². The molecule has 1 unspecified atom stereocenters. The largest absolute Gasteiger partial charge is 0.383 e. The van der Waals surface area contributed by atoms with Crippen molar-refractivity contribution in [3.8, 4) is 6.07 Å². The maximum absolute atomic E-state index is 9.36. The number of ether oxygens (including phenoxy) is 1. The zero-order valence-electron chi connectivity index (χ0n) is 12.0. The summed E-state index contributed by atoms with van der Waals surface area (Å²) in [6, 6.07) is 2.84. The van der Waals surface area contributed by atoms with E-state index < -0.39 is 5.54 Å². The van der Waals surface area contributed by atoms with Crippen molar-refractivity contribution in [3.63, 3.8) is 0 Å². The van der Waals surface area contributed by atoms with Gasteiger partial charge in [0.15, 0.2) is 0 Å². The van der Waals surface area contributed by atoms with Crippen molar-refractivity contribution in [2.45, 2.75) is 51.1 Å². The lowest BCUT2D eigenvalue weighted by Crippen LogP contribution is -2.54. The Balaban J connectivity index is 2.66. The van der Waals surface area contributed by atoms with E-state index in [0.29, 0.717) is 25.1 Å². The summed E-state index contributed by atoms with van der Waals surface area (Å²) in [5, 5.41) is 9.36. The molecular formula is C14H27N3O. The molecule has 0 aromatic heterocycles. The van der Waals surface area contributed by atoms with Crippen LogP contribution in [0.2, 0.25) is 0 Å². The third-order valence-corrected chi connectivity index (χ3v) is 4.02. The SMILES string of the molecule is CCC(CC)N(CCOC)CC(N)(C#N)C1CC1. The summed E-state index contributed by atoms with van der Waals surface area (Å²) in [6.45, 7) is 6.61. The lowest BCUT2D eigenvalue weighted by atomic mass is 9.94. The monoisotopic (exact) mass is 253 g/mol. The van der Waals surface area contributed by atoms with E-state index >= 15 is 0 Å². The second kappa shape index (κ2) is 7.08. The summed E-state index contributed by atoms with van der Waals surface area (Å²) in [5.74, 6) is 0.391. The second-order valence-electron chi connectivity index (χ2n) is 5.36. The highest BCUT2D eigenvalue weighted by molar-refractivity contribution is 5.15. The number of hydrogen-bond donors (Lipinski definition) is 1. The number of rotatable bonds is 9. The highest BCUT2D eigenvalue weighted by atomic mass is 16.5. The van der Waals surface area contributed by atoms with Crippen molar-refractivity contribution in [3.05, 3.63) is 0 Å². The minimum absolute atomic E-state index is 0.391. The fraction of sp³-hybridized carbons (Fsp3) is 0.929. The summed E-state index contributed by atoms with van der Waals surface area (Å²) in [5.41, 5.74) is 5.61. The Morgan fingerprint density at radius 1 is 1.44 bits per heavy atom. The third-order valence-electron chi connectivity index (χ3n) is 4.02. The van der Waals surface area contributed by atoms with E-state index in [-0.39, 0.29) is 0 Å². The van der Waals surface area contributed by atoms with Gasteiger partial charge in [0, 0.05) is 26.2 Å². The fourth-order valence-electron chi connectivity index (χ4n) is 2.59. The molecule has 0 aromatic carbocycles. The quantitative estimate of drug-likeness (QED) is 0.680. The van der Waals surface area contributed by atoms with Crippen molar-refractivity contribution in [2.24, 2.45) is 11.7 Å². The van der Waals surface area contributed by atoms with Crippen LogP contribution in [0.25, 0.3) is 0 Å². The topological polar surface area (TPSA) is 62.3 Å². The van der Waals surface area contributed by atoms with Gasteiger partial charge in [0.1, 0.15) is 5.54 Å². The van der Waals surface area contributed by atoms with E-state index in [4.69, 9.17) is 10.5 Å². The average Bonchev–Trinajstić information content (AvgIpc) is 3.21. The van der Waals surface area contributed by atoms with Crippen LogP contribution in [0, 0.1) is 17.2 Å². The van der Waals surface area contributed by atoms with E-state index in [9.17, 15) is 5.26 Å². The van der Waals surface area contributed by atoms with Crippen molar-refractivity contribution in [1.29, 1.82) is 5.26 Å². The van der Waals surface area contributed by atoms with Crippen LogP contribution in [0.15, 0.2) is 0 Å². The molecule has 4 nitrogen and oxygen atoms in total. The Morgan fingerprint density at radius 2 is 2.06 bits per heavy atom. The predicted octanol–water partition coefficient (Wildman–Crippen LogP) is 1.75. The third kappa shape index (κ3) is 3.94. The molecule has 0 aliphatic heterocycles. The normalized spacial score (nSPS) is 18.9. The van der Waals surface area contributed by atoms with E-state index in [1.165, 1.54) is 0 Å². The van der Waals surface area contributed by atoms with E-state index in [1.54, 1.807) is 7.11 Å². The fourth-order valence-corrected chi connectivity index (χ4v) is 2.59. The number of nitrogens with two attached hydrogens (primary N) is 1. The van der Waals surface area contributed by atoms with Gasteiger partial charge in [0.2, 0.25) is 0 Å². The predicted molar refractivity (Wildman–Crippen MR) is 73.1 cm³/mol. The van der Waals surface area contributed by atoms with Crippen LogP contribution in [0.1, 0.15) is 39.5 Å². The summed E-state index contributed by atoms with van der Waals surface area (Å²) >= 11 is 0. The van der Waals surface area contributed by atoms with Crippen molar-refractivity contribution in [2.75, 3.05) is 26.8 Å². The van der Waals surface area contributed by atoms with Gasteiger partial charge in [-0.2, -0.15) is 5.26 Å². The molecule has 1 aliphatic rings. The Bertz CT molecular complexity index is 281. The summed E-state index contributed by atoms with van der Waals surface area (Å²) in [6.07, 6.45) is 4.38. The van der Waals surface area contributed by atoms with Crippen LogP contribution < -0.4 is 5.73 Å². The molecule has 4 heteroatoms. The van der Waals surface area contributed by atoms with Gasteiger partial charge in [-0.1, -0.05) is 13.8 Å². The molecule has 104 valence electrons. The first-order valence-corrected chi connectivity index (χ1v) is 7.04. The highest BCUT2D eigenvalue weighted by Crippen LogP contribution is 2.38. The Kier molecular flexibility index (Phi) is 6.07. The standard InChI is InChI=1S/C14H27N3O/c1-4-13(5-2)17(8-9-18-3)11-14(16,10-15)12-6-7-12/h12-13H,4-9,11,16H2,1-3H3. The van der Waals surface area contributed by atoms with Crippen LogP contribution in [-0.4, -0.2) is 43.3 Å². The van der Waals surface area contributed by atoms with E-state index in [1.807, 2.05) is 0 Å². The lowest BCUT2D eigenvalue weighted by molar-refractivity contribution is 0.0993. The Hall–Kier alpha value is -0.630. The van der Waals surface area contributed by atoms with E-state index in [0.717, 1.165) is 32.2 Å². The summed E-state index contributed by atoms with van der Waals surface area (Å²) in [7, 11) is 1.71. The van der Waals surface area contributed by atoms with Gasteiger partial charge < -0.3 is 10.5 Å². The van der Waals surface area contributed by atoms with Crippen molar-refractivity contribution >= 4 is 0 Å². The van der Waals surface area contributed by atoms with Crippen LogP contribution >= 0.6 is 0 Å². The maximum atomic E-state index is 9.36. The van der Waals surface area contributed by atoms with Gasteiger partial charge in [0.05, 0.1) is 12.7 Å². The van der Waals surface area contributed by atoms with Crippen LogP contribution in [0.5, 0.6) is 0 Å². The first kappa shape index (κ1) is 15.4. The van der Waals surface area contributed by atoms with Gasteiger partial charge in [0.25, 0.3) is 0 Å². The first-order chi connectivity index (χ1) is 8.61. The average molecular weight is 253 g/mol. The van der Waals surface area contributed by atoms with Gasteiger partial charge >= 0.3 is 0 Å². The molecule has 1 rings (SSSR count). The van der Waals surface area contributed by atoms with Crippen LogP contribution in [0.4, 0.5) is 0 Å². The molecule has 0 radical (unpaired) electrons. The molecule has 1 aliphatic carbocycles. The van der Waals surface area contributed by atoms with Crippen LogP contribution in [0.3, 0.4) is 0 Å². The van der Waals surface area contributed by atoms with Crippen molar-refractivity contribution in [1.82, 2.24) is 4.90 Å². The maximum Gasteiger partial charge on any atom is 0.119 e. The molecule has 0 heterocycles. The van der Waals surface area contributed by atoms with Gasteiger partial charge in [-0.15, -0.1) is 0 Å². The Labute approximate surface area is 111 Å². The van der Waals surface area contributed by atoms with E-state index in [2.05, 4.69) is 24.8 Å². The highest BCUT2D eigenvalue weighted by Gasteiger charge is 2.44. The molecule has 0 spiro atoms. The lowest BCUT2D eigenvalue weighted by Gasteiger charge is -2.35. The molecule has 1 saturated carbocycles. The first-order valence-electron chi connectivity index (χ1n) is 7.04. The molecule has 18 heavy (non-hydrogen) atoms.